The Morgan fingerprint density at radius 1 is 0.857 bits per heavy atom. The molecule has 0 unspecified atom stereocenters. The summed E-state index contributed by atoms with van der Waals surface area (Å²) in [5.74, 6) is 0. The minimum absolute atomic E-state index is 0. The molecule has 0 saturated carbocycles. The third kappa shape index (κ3) is 63.6. The van der Waals surface area contributed by atoms with Crippen molar-refractivity contribution >= 4 is 56.4 Å². The zero-order valence-corrected chi connectivity index (χ0v) is 3.85. The second-order valence-electron chi connectivity index (χ2n) is 0.600. The van der Waals surface area contributed by atoms with Crippen molar-refractivity contribution in [1.82, 2.24) is 0 Å². The number of rotatable bonds is 0. The van der Waals surface area contributed by atoms with E-state index in [1.54, 1.807) is 0 Å². The van der Waals surface area contributed by atoms with Crippen LogP contribution < -0.4 is 0 Å². The van der Waals surface area contributed by atoms with Gasteiger partial charge in [0, 0.05) is 0 Å². The van der Waals surface area contributed by atoms with Crippen LogP contribution in [0.15, 0.2) is 0 Å². The van der Waals surface area contributed by atoms with Crippen LogP contribution in [0.1, 0.15) is 0 Å². The molecule has 0 amide bonds. The van der Waals surface area contributed by atoms with Gasteiger partial charge in [-0.1, -0.05) is 0 Å². The Kier molecular flexibility index (Phi) is 14.7. The summed E-state index contributed by atoms with van der Waals surface area (Å²) in [5, 5.41) is 0. The van der Waals surface area contributed by atoms with Crippen molar-refractivity contribution in [2.45, 2.75) is 0 Å². The quantitative estimate of drug-likeness (QED) is 0.320. The van der Waals surface area contributed by atoms with Crippen LogP contribution in [0.5, 0.6) is 0 Å². The molecular weight excluding hydrogens is 228 g/mol. The summed E-state index contributed by atoms with van der Waals surface area (Å²) in [6.45, 7) is 0. The number of hydrogen-bond donors (Lipinski definition) is 4. The first-order chi connectivity index (χ1) is 2.00. The molecule has 44 valence electrons. The second-order valence-corrected chi connectivity index (χ2v) is 2.47. The van der Waals surface area contributed by atoms with Crippen LogP contribution in [-0.2, 0) is 18.1 Å². The van der Waals surface area contributed by atoms with E-state index in [4.69, 9.17) is 14.8 Å². The molecule has 0 radical (unpaired) electrons. The fourth-order valence-electron chi connectivity index (χ4n) is 0. The molecule has 0 rings (SSSR count). The van der Waals surface area contributed by atoms with Gasteiger partial charge in [-0.3, -0.25) is 0 Å². The SMILES string of the molecule is [OH][Ti]([OH])([OH])[OH].[SiH4].[SrH2]. The Morgan fingerprint density at radius 2 is 0.857 bits per heavy atom. The molecule has 0 saturated heterocycles. The molecular formula is H10O4SiSrTi. The Balaban J connectivity index is -0.0000000800. The van der Waals surface area contributed by atoms with E-state index < -0.39 is 18.1 Å². The summed E-state index contributed by atoms with van der Waals surface area (Å²) in [6, 6.07) is 0. The average Bonchev–Trinajstić information content (AvgIpc) is 0.722. The first kappa shape index (κ1) is 16.1. The first-order valence-corrected chi connectivity index (χ1v) is 3.69. The van der Waals surface area contributed by atoms with Crippen LogP contribution in [0, 0.1) is 0 Å². The molecule has 4 N–H and O–H groups in total. The second kappa shape index (κ2) is 6.37. The fraction of sp³-hybridized carbons (Fsp3) is 0. The van der Waals surface area contributed by atoms with Crippen LogP contribution in [0.4, 0.5) is 0 Å². The van der Waals surface area contributed by atoms with Gasteiger partial charge in [-0.25, -0.2) is 0 Å². The molecule has 0 bridgehead atoms. The van der Waals surface area contributed by atoms with Crippen molar-refractivity contribution < 1.29 is 32.9 Å². The Morgan fingerprint density at radius 3 is 0.857 bits per heavy atom. The summed E-state index contributed by atoms with van der Waals surface area (Å²) >= 11 is -5.00. The van der Waals surface area contributed by atoms with Crippen LogP contribution in [-0.4, -0.2) is 71.2 Å². The van der Waals surface area contributed by atoms with Crippen molar-refractivity contribution in [1.29, 1.82) is 0 Å². The van der Waals surface area contributed by atoms with E-state index in [9.17, 15) is 0 Å². The predicted octanol–water partition coefficient (Wildman–Crippen LogP) is -4.60. The van der Waals surface area contributed by atoms with E-state index in [-0.39, 0.29) is 56.4 Å². The van der Waals surface area contributed by atoms with Gasteiger partial charge in [0.2, 0.25) is 0 Å². The molecule has 0 aliphatic carbocycles. The van der Waals surface area contributed by atoms with E-state index in [2.05, 4.69) is 0 Å². The maximum atomic E-state index is 7.38. The van der Waals surface area contributed by atoms with Crippen LogP contribution in [0.2, 0.25) is 0 Å². The van der Waals surface area contributed by atoms with Gasteiger partial charge < -0.3 is 0 Å². The summed E-state index contributed by atoms with van der Waals surface area (Å²) in [7, 11) is 0. The van der Waals surface area contributed by atoms with E-state index >= 15 is 0 Å². The van der Waals surface area contributed by atoms with Gasteiger partial charge in [0.15, 0.2) is 0 Å². The van der Waals surface area contributed by atoms with Crippen molar-refractivity contribution in [3.05, 3.63) is 0 Å². The third-order valence-corrected chi connectivity index (χ3v) is 0. The van der Waals surface area contributed by atoms with Gasteiger partial charge in [0.05, 0.1) is 0 Å². The molecule has 7 heteroatoms. The van der Waals surface area contributed by atoms with Crippen LogP contribution in [0.3, 0.4) is 0 Å². The van der Waals surface area contributed by atoms with Crippen LogP contribution >= 0.6 is 0 Å². The zero-order valence-electron chi connectivity index (χ0n) is 2.29. The van der Waals surface area contributed by atoms with Crippen molar-refractivity contribution in [2.24, 2.45) is 0 Å². The molecule has 0 fully saturated rings. The van der Waals surface area contributed by atoms with Crippen molar-refractivity contribution in [2.75, 3.05) is 0 Å². The molecule has 0 atom stereocenters. The molecule has 0 aromatic heterocycles. The third-order valence-electron chi connectivity index (χ3n) is 0. The van der Waals surface area contributed by atoms with Gasteiger partial charge in [-0.2, -0.15) is 0 Å². The fourth-order valence-corrected chi connectivity index (χ4v) is 0. The van der Waals surface area contributed by atoms with E-state index in [0.717, 1.165) is 0 Å². The zero-order chi connectivity index (χ0) is 4.50. The summed E-state index contributed by atoms with van der Waals surface area (Å²) < 4.78 is 29.5. The van der Waals surface area contributed by atoms with Crippen molar-refractivity contribution in [3.63, 3.8) is 0 Å². The molecule has 7 heavy (non-hydrogen) atoms. The molecule has 0 spiro atoms. The van der Waals surface area contributed by atoms with Gasteiger partial charge in [-0.15, -0.1) is 0 Å². The summed E-state index contributed by atoms with van der Waals surface area (Å²) in [6.07, 6.45) is 0. The van der Waals surface area contributed by atoms with E-state index in [1.807, 2.05) is 0 Å². The monoisotopic (exact) mass is 238 g/mol. The molecule has 0 aliphatic heterocycles. The van der Waals surface area contributed by atoms with E-state index in [1.165, 1.54) is 0 Å². The van der Waals surface area contributed by atoms with Gasteiger partial charge in [0.25, 0.3) is 0 Å². The molecule has 0 heterocycles. The molecule has 0 aromatic rings. The maximum absolute atomic E-state index is 7.38. The van der Waals surface area contributed by atoms with Gasteiger partial charge >= 0.3 is 78.4 Å². The topological polar surface area (TPSA) is 80.9 Å². The molecule has 4 nitrogen and oxygen atoms in total. The average molecular weight is 238 g/mol. The van der Waals surface area contributed by atoms with Gasteiger partial charge in [0.1, 0.15) is 0 Å². The summed E-state index contributed by atoms with van der Waals surface area (Å²) in [5.41, 5.74) is 0. The molecule has 0 aromatic carbocycles. The Bertz CT molecular complexity index is 27.2. The first-order valence-electron chi connectivity index (χ1n) is 0.894. The standard InChI is InChI=1S/4H2O.H4Si.Sr.Ti.2H/h4*1H2;1H4;;;;/q;;;;;;+4;;/p-4. The van der Waals surface area contributed by atoms with Gasteiger partial charge in [-0.05, 0) is 11.0 Å². The normalized spacial score (nSPS) is 8.57. The Hall–Kier alpha value is 2.25. The van der Waals surface area contributed by atoms with E-state index in [0.29, 0.717) is 0 Å². The number of hydrogen-bond acceptors (Lipinski definition) is 4. The molecule has 0 aliphatic rings. The van der Waals surface area contributed by atoms with Crippen molar-refractivity contribution in [3.8, 4) is 0 Å². The summed E-state index contributed by atoms with van der Waals surface area (Å²) in [4.78, 5) is 0. The Labute approximate surface area is 87.7 Å². The van der Waals surface area contributed by atoms with Crippen LogP contribution in [0.25, 0.3) is 0 Å². The predicted molar refractivity (Wildman–Crippen MR) is 28.8 cm³/mol. The minimum atomic E-state index is -5.00.